The summed E-state index contributed by atoms with van der Waals surface area (Å²) in [4.78, 5) is 3.27. The van der Waals surface area contributed by atoms with Gasteiger partial charge in [-0.25, -0.2) is 8.42 Å². The predicted octanol–water partition coefficient (Wildman–Crippen LogP) is 3.73. The lowest BCUT2D eigenvalue weighted by molar-refractivity contribution is 0.601. The first-order valence-electron chi connectivity index (χ1n) is 5.90. The van der Waals surface area contributed by atoms with Crippen LogP contribution in [0.1, 0.15) is 0 Å². The first kappa shape index (κ1) is 13.2. The van der Waals surface area contributed by atoms with Crippen LogP contribution < -0.4 is 4.72 Å². The molecule has 3 aromatic rings. The SMILES string of the molecule is O=S(=O)(Nc1ccc2cc[nH]c2c1)c1cccc(Br)c1. The first-order chi connectivity index (χ1) is 9.54. The molecule has 0 radical (unpaired) electrons. The van der Waals surface area contributed by atoms with Gasteiger partial charge in [0.15, 0.2) is 0 Å². The number of H-pyrrole nitrogens is 1. The van der Waals surface area contributed by atoms with Crippen molar-refractivity contribution < 1.29 is 8.42 Å². The molecule has 0 bridgehead atoms. The van der Waals surface area contributed by atoms with Crippen molar-refractivity contribution in [2.75, 3.05) is 4.72 Å². The quantitative estimate of drug-likeness (QED) is 0.755. The lowest BCUT2D eigenvalue weighted by Gasteiger charge is -2.08. The Balaban J connectivity index is 1.96. The highest BCUT2D eigenvalue weighted by Crippen LogP contribution is 2.22. The third kappa shape index (κ3) is 2.57. The number of rotatable bonds is 3. The van der Waals surface area contributed by atoms with Crippen LogP contribution in [-0.2, 0) is 10.0 Å². The zero-order valence-corrected chi connectivity index (χ0v) is 12.7. The number of aromatic amines is 1. The van der Waals surface area contributed by atoms with E-state index >= 15 is 0 Å². The number of benzene rings is 2. The van der Waals surface area contributed by atoms with Gasteiger partial charge in [0.2, 0.25) is 0 Å². The van der Waals surface area contributed by atoms with Crippen molar-refractivity contribution in [2.45, 2.75) is 4.90 Å². The highest BCUT2D eigenvalue weighted by atomic mass is 79.9. The van der Waals surface area contributed by atoms with Crippen molar-refractivity contribution >= 4 is 42.5 Å². The summed E-state index contributed by atoms with van der Waals surface area (Å²) in [6.07, 6.45) is 1.82. The number of sulfonamides is 1. The van der Waals surface area contributed by atoms with E-state index in [9.17, 15) is 8.42 Å². The Morgan fingerprint density at radius 3 is 2.70 bits per heavy atom. The molecule has 0 aliphatic carbocycles. The van der Waals surface area contributed by atoms with E-state index in [1.807, 2.05) is 18.3 Å². The number of aromatic nitrogens is 1. The first-order valence-corrected chi connectivity index (χ1v) is 8.18. The third-order valence-electron chi connectivity index (χ3n) is 2.91. The van der Waals surface area contributed by atoms with Crippen LogP contribution in [0.2, 0.25) is 0 Å². The largest absolute Gasteiger partial charge is 0.361 e. The van der Waals surface area contributed by atoms with E-state index in [2.05, 4.69) is 25.6 Å². The fourth-order valence-electron chi connectivity index (χ4n) is 1.96. The van der Waals surface area contributed by atoms with Crippen molar-refractivity contribution in [3.05, 3.63) is 59.2 Å². The average molecular weight is 351 g/mol. The Kier molecular flexibility index (Phi) is 3.27. The summed E-state index contributed by atoms with van der Waals surface area (Å²) >= 11 is 3.27. The molecule has 4 nitrogen and oxygen atoms in total. The van der Waals surface area contributed by atoms with Crippen molar-refractivity contribution in [1.82, 2.24) is 4.98 Å². The van der Waals surface area contributed by atoms with Gasteiger partial charge in [0.05, 0.1) is 10.6 Å². The van der Waals surface area contributed by atoms with Gasteiger partial charge in [-0.05, 0) is 41.8 Å². The van der Waals surface area contributed by atoms with Crippen LogP contribution in [0.25, 0.3) is 10.9 Å². The molecule has 0 aliphatic rings. The van der Waals surface area contributed by atoms with Gasteiger partial charge in [0, 0.05) is 16.2 Å². The maximum Gasteiger partial charge on any atom is 0.261 e. The Morgan fingerprint density at radius 1 is 1.05 bits per heavy atom. The molecule has 0 fully saturated rings. The molecule has 0 atom stereocenters. The van der Waals surface area contributed by atoms with E-state index in [0.29, 0.717) is 5.69 Å². The van der Waals surface area contributed by atoms with Crippen LogP contribution in [0, 0.1) is 0 Å². The van der Waals surface area contributed by atoms with Crippen LogP contribution in [0.5, 0.6) is 0 Å². The number of hydrogen-bond acceptors (Lipinski definition) is 2. The maximum atomic E-state index is 12.3. The summed E-state index contributed by atoms with van der Waals surface area (Å²) in [6, 6.07) is 13.9. The molecule has 6 heteroatoms. The predicted molar refractivity (Wildman–Crippen MR) is 83.2 cm³/mol. The molecule has 1 heterocycles. The van der Waals surface area contributed by atoms with Gasteiger partial charge in [0.25, 0.3) is 10.0 Å². The number of fused-ring (bicyclic) bond motifs is 1. The smallest absolute Gasteiger partial charge is 0.261 e. The minimum absolute atomic E-state index is 0.221. The summed E-state index contributed by atoms with van der Waals surface area (Å²) < 4.78 is 27.9. The monoisotopic (exact) mass is 350 g/mol. The summed E-state index contributed by atoms with van der Waals surface area (Å²) in [5, 5.41) is 1.04. The summed E-state index contributed by atoms with van der Waals surface area (Å²) in [5.74, 6) is 0. The van der Waals surface area contributed by atoms with E-state index < -0.39 is 10.0 Å². The zero-order valence-electron chi connectivity index (χ0n) is 10.3. The van der Waals surface area contributed by atoms with Gasteiger partial charge >= 0.3 is 0 Å². The molecular weight excluding hydrogens is 340 g/mol. The topological polar surface area (TPSA) is 62.0 Å². The second kappa shape index (κ2) is 4.96. The highest BCUT2D eigenvalue weighted by Gasteiger charge is 2.14. The molecule has 0 amide bonds. The minimum atomic E-state index is -3.58. The van der Waals surface area contributed by atoms with Crippen LogP contribution in [0.4, 0.5) is 5.69 Å². The van der Waals surface area contributed by atoms with Crippen molar-refractivity contribution in [2.24, 2.45) is 0 Å². The standard InChI is InChI=1S/C14H11BrN2O2S/c15-11-2-1-3-13(8-11)20(18,19)17-12-5-4-10-6-7-16-14(10)9-12/h1-9,16-17H. The number of halogens is 1. The number of hydrogen-bond donors (Lipinski definition) is 2. The van der Waals surface area contributed by atoms with Gasteiger partial charge in [-0.3, -0.25) is 4.72 Å². The molecule has 0 aliphatic heterocycles. The molecular formula is C14H11BrN2O2S. The number of nitrogens with one attached hydrogen (secondary N) is 2. The van der Waals surface area contributed by atoms with Crippen molar-refractivity contribution in [3.63, 3.8) is 0 Å². The van der Waals surface area contributed by atoms with Gasteiger partial charge in [-0.1, -0.05) is 28.1 Å². The van der Waals surface area contributed by atoms with Gasteiger partial charge in [0.1, 0.15) is 0 Å². The third-order valence-corrected chi connectivity index (χ3v) is 4.79. The van der Waals surface area contributed by atoms with Crippen LogP contribution >= 0.6 is 15.9 Å². The second-order valence-corrected chi connectivity index (χ2v) is 6.94. The lowest BCUT2D eigenvalue weighted by Crippen LogP contribution is -2.12. The average Bonchev–Trinajstić information content (AvgIpc) is 2.85. The fraction of sp³-hybridized carbons (Fsp3) is 0. The molecule has 0 saturated heterocycles. The van der Waals surface area contributed by atoms with Crippen LogP contribution in [0.15, 0.2) is 64.1 Å². The van der Waals surface area contributed by atoms with Crippen molar-refractivity contribution in [3.8, 4) is 0 Å². The minimum Gasteiger partial charge on any atom is -0.361 e. The summed E-state index contributed by atoms with van der Waals surface area (Å²) in [5.41, 5.74) is 1.42. The van der Waals surface area contributed by atoms with E-state index in [1.165, 1.54) is 0 Å². The van der Waals surface area contributed by atoms with E-state index in [-0.39, 0.29) is 4.90 Å². The van der Waals surface area contributed by atoms with Crippen molar-refractivity contribution in [1.29, 1.82) is 0 Å². The molecule has 1 aromatic heterocycles. The second-order valence-electron chi connectivity index (χ2n) is 4.34. The van der Waals surface area contributed by atoms with Crippen LogP contribution in [0.3, 0.4) is 0 Å². The molecule has 0 unspecified atom stereocenters. The van der Waals surface area contributed by atoms with E-state index in [0.717, 1.165) is 15.4 Å². The molecule has 0 spiro atoms. The summed E-state index contributed by atoms with van der Waals surface area (Å²) in [6.45, 7) is 0. The van der Waals surface area contributed by atoms with Gasteiger partial charge in [-0.15, -0.1) is 0 Å². The zero-order chi connectivity index (χ0) is 14.2. The normalized spacial score (nSPS) is 11.7. The van der Waals surface area contributed by atoms with Crippen LogP contribution in [-0.4, -0.2) is 13.4 Å². The molecule has 2 aromatic carbocycles. The molecule has 0 saturated carbocycles. The van der Waals surface area contributed by atoms with Gasteiger partial charge in [-0.2, -0.15) is 0 Å². The van der Waals surface area contributed by atoms with Gasteiger partial charge < -0.3 is 4.98 Å². The van der Waals surface area contributed by atoms with E-state index in [1.54, 1.807) is 36.4 Å². The summed E-state index contributed by atoms with van der Waals surface area (Å²) in [7, 11) is -3.58. The fourth-order valence-corrected chi connectivity index (χ4v) is 3.61. The Labute approximate surface area is 125 Å². The lowest BCUT2D eigenvalue weighted by atomic mass is 10.2. The Morgan fingerprint density at radius 2 is 1.90 bits per heavy atom. The molecule has 102 valence electrons. The molecule has 2 N–H and O–H groups in total. The molecule has 20 heavy (non-hydrogen) atoms. The molecule has 3 rings (SSSR count). The Hall–Kier alpha value is -1.79. The Bertz CT molecular complexity index is 872. The maximum absolute atomic E-state index is 12.3. The van der Waals surface area contributed by atoms with E-state index in [4.69, 9.17) is 0 Å². The highest BCUT2D eigenvalue weighted by molar-refractivity contribution is 9.10. The number of anilines is 1.